The molecule has 0 fully saturated rings. The first kappa shape index (κ1) is 18.0. The summed E-state index contributed by atoms with van der Waals surface area (Å²) in [6.07, 6.45) is 0.148. The number of amides is 4. The number of hydrogen-bond acceptors (Lipinski definition) is 3. The number of benzene rings is 2. The third kappa shape index (κ3) is 6.74. The Morgan fingerprint density at radius 1 is 0.760 bits per heavy atom. The van der Waals surface area contributed by atoms with E-state index in [1.807, 2.05) is 18.2 Å². The van der Waals surface area contributed by atoms with Gasteiger partial charge < -0.3 is 21.3 Å². The lowest BCUT2D eigenvalue weighted by atomic mass is 10.2. The van der Waals surface area contributed by atoms with Crippen LogP contribution in [-0.2, 0) is 9.59 Å². The lowest BCUT2D eigenvalue weighted by molar-refractivity contribution is -0.116. The summed E-state index contributed by atoms with van der Waals surface area (Å²) in [5.74, 6) is -0.371. The van der Waals surface area contributed by atoms with Crippen molar-refractivity contribution in [2.24, 2.45) is 0 Å². The summed E-state index contributed by atoms with van der Waals surface area (Å²) in [5.41, 5.74) is 1.96. The van der Waals surface area contributed by atoms with Crippen molar-refractivity contribution < 1.29 is 14.4 Å². The Kier molecular flexibility index (Phi) is 6.53. The Labute approximate surface area is 145 Å². The number of hydrogen-bond donors (Lipinski definition) is 4. The molecule has 7 nitrogen and oxygen atoms in total. The molecule has 0 aliphatic rings. The number of nitrogens with one attached hydrogen (secondary N) is 4. The molecule has 2 aromatic carbocycles. The van der Waals surface area contributed by atoms with E-state index in [1.165, 1.54) is 6.92 Å². The first-order chi connectivity index (χ1) is 12.0. The average Bonchev–Trinajstić information content (AvgIpc) is 2.57. The van der Waals surface area contributed by atoms with Crippen LogP contribution in [0.5, 0.6) is 0 Å². The number of carbonyl (C=O) groups is 3. The fourth-order valence-corrected chi connectivity index (χ4v) is 2.05. The van der Waals surface area contributed by atoms with Crippen LogP contribution in [0.4, 0.5) is 21.9 Å². The zero-order valence-corrected chi connectivity index (χ0v) is 13.8. The predicted molar refractivity (Wildman–Crippen MR) is 97.5 cm³/mol. The summed E-state index contributed by atoms with van der Waals surface area (Å²) in [6, 6.07) is 15.5. The highest BCUT2D eigenvalue weighted by Gasteiger charge is 2.05. The van der Waals surface area contributed by atoms with Crippen LogP contribution in [0.3, 0.4) is 0 Å². The van der Waals surface area contributed by atoms with Gasteiger partial charge in [-0.3, -0.25) is 9.59 Å². The monoisotopic (exact) mass is 340 g/mol. The maximum Gasteiger partial charge on any atom is 0.319 e. The molecule has 0 unspecified atom stereocenters. The van der Waals surface area contributed by atoms with Crippen LogP contribution in [0.15, 0.2) is 54.6 Å². The van der Waals surface area contributed by atoms with Gasteiger partial charge >= 0.3 is 6.03 Å². The molecular weight excluding hydrogens is 320 g/mol. The van der Waals surface area contributed by atoms with E-state index in [2.05, 4.69) is 21.3 Å². The molecule has 130 valence electrons. The molecule has 0 saturated carbocycles. The number of carbonyl (C=O) groups excluding carboxylic acids is 3. The Morgan fingerprint density at radius 3 is 1.92 bits per heavy atom. The second-order valence-corrected chi connectivity index (χ2v) is 5.30. The third-order valence-electron chi connectivity index (χ3n) is 3.16. The summed E-state index contributed by atoms with van der Waals surface area (Å²) in [4.78, 5) is 34.5. The molecule has 0 aliphatic carbocycles. The van der Waals surface area contributed by atoms with Gasteiger partial charge in [0.1, 0.15) is 0 Å². The van der Waals surface area contributed by atoms with E-state index in [1.54, 1.807) is 36.4 Å². The minimum Gasteiger partial charge on any atom is -0.337 e. The summed E-state index contributed by atoms with van der Waals surface area (Å²) in [7, 11) is 0. The van der Waals surface area contributed by atoms with E-state index in [4.69, 9.17) is 0 Å². The molecule has 4 N–H and O–H groups in total. The highest BCUT2D eigenvalue weighted by Crippen LogP contribution is 2.13. The van der Waals surface area contributed by atoms with Crippen LogP contribution in [0.2, 0.25) is 0 Å². The Hall–Kier alpha value is -3.35. The van der Waals surface area contributed by atoms with E-state index >= 15 is 0 Å². The maximum absolute atomic E-state index is 11.9. The molecule has 0 atom stereocenters. The van der Waals surface area contributed by atoms with Crippen molar-refractivity contribution in [1.82, 2.24) is 5.32 Å². The molecule has 25 heavy (non-hydrogen) atoms. The summed E-state index contributed by atoms with van der Waals surface area (Å²) < 4.78 is 0. The van der Waals surface area contributed by atoms with E-state index in [0.29, 0.717) is 17.1 Å². The van der Waals surface area contributed by atoms with Crippen LogP contribution in [0.1, 0.15) is 13.3 Å². The minimum absolute atomic E-state index is 0.148. The zero-order chi connectivity index (χ0) is 18.1. The lowest BCUT2D eigenvalue weighted by Crippen LogP contribution is -2.31. The summed E-state index contributed by atoms with van der Waals surface area (Å²) in [5, 5.41) is 10.7. The van der Waals surface area contributed by atoms with Gasteiger partial charge in [0, 0.05) is 37.0 Å². The molecule has 0 aromatic heterocycles. The largest absolute Gasteiger partial charge is 0.337 e. The van der Waals surface area contributed by atoms with Crippen LogP contribution < -0.4 is 21.3 Å². The zero-order valence-electron chi connectivity index (χ0n) is 13.8. The minimum atomic E-state index is -0.362. The Balaban J connectivity index is 1.70. The first-order valence-corrected chi connectivity index (χ1v) is 7.80. The smallest absolute Gasteiger partial charge is 0.319 e. The van der Waals surface area contributed by atoms with Crippen molar-refractivity contribution in [2.45, 2.75) is 13.3 Å². The van der Waals surface area contributed by atoms with Gasteiger partial charge in [-0.05, 0) is 36.4 Å². The standard InChI is InChI=1S/C18H20N4O3/c1-13(23)20-15-7-9-16(10-8-15)21-17(24)11-12-19-18(25)22-14-5-3-2-4-6-14/h2-10H,11-12H2,1H3,(H,20,23)(H,21,24)(H2,19,22,25). The van der Waals surface area contributed by atoms with Crippen LogP contribution in [-0.4, -0.2) is 24.4 Å². The summed E-state index contributed by atoms with van der Waals surface area (Å²) >= 11 is 0. The van der Waals surface area contributed by atoms with E-state index < -0.39 is 0 Å². The molecule has 2 rings (SSSR count). The average molecular weight is 340 g/mol. The third-order valence-corrected chi connectivity index (χ3v) is 3.16. The highest BCUT2D eigenvalue weighted by molar-refractivity contribution is 5.93. The molecule has 2 aromatic rings. The number of anilines is 3. The number of para-hydroxylation sites is 1. The number of urea groups is 1. The van der Waals surface area contributed by atoms with Crippen molar-refractivity contribution >= 4 is 34.9 Å². The normalized spacial score (nSPS) is 9.80. The molecule has 0 bridgehead atoms. The van der Waals surface area contributed by atoms with Crippen LogP contribution in [0.25, 0.3) is 0 Å². The van der Waals surface area contributed by atoms with E-state index in [9.17, 15) is 14.4 Å². The molecule has 0 heterocycles. The van der Waals surface area contributed by atoms with Crippen LogP contribution in [0, 0.1) is 0 Å². The van der Waals surface area contributed by atoms with Gasteiger partial charge in [-0.15, -0.1) is 0 Å². The lowest BCUT2D eigenvalue weighted by Gasteiger charge is -2.09. The van der Waals surface area contributed by atoms with Gasteiger partial charge in [-0.1, -0.05) is 18.2 Å². The Morgan fingerprint density at radius 2 is 1.32 bits per heavy atom. The highest BCUT2D eigenvalue weighted by atomic mass is 16.2. The SMILES string of the molecule is CC(=O)Nc1ccc(NC(=O)CCNC(=O)Nc2ccccc2)cc1. The summed E-state index contributed by atoms with van der Waals surface area (Å²) in [6.45, 7) is 1.64. The fraction of sp³-hybridized carbons (Fsp3) is 0.167. The first-order valence-electron chi connectivity index (χ1n) is 7.80. The molecular formula is C18H20N4O3. The van der Waals surface area contributed by atoms with E-state index in [0.717, 1.165) is 0 Å². The fourth-order valence-electron chi connectivity index (χ4n) is 2.05. The van der Waals surface area contributed by atoms with Crippen LogP contribution >= 0.6 is 0 Å². The topological polar surface area (TPSA) is 99.3 Å². The molecule has 0 spiro atoms. The quantitative estimate of drug-likeness (QED) is 0.650. The molecule has 4 amide bonds. The molecule has 0 radical (unpaired) electrons. The van der Waals surface area contributed by atoms with Gasteiger partial charge in [0.05, 0.1) is 0 Å². The van der Waals surface area contributed by atoms with Crippen molar-refractivity contribution in [3.8, 4) is 0 Å². The predicted octanol–water partition coefficient (Wildman–Crippen LogP) is 2.80. The van der Waals surface area contributed by atoms with Gasteiger partial charge in [0.15, 0.2) is 0 Å². The van der Waals surface area contributed by atoms with Crippen molar-refractivity contribution in [1.29, 1.82) is 0 Å². The number of rotatable bonds is 6. The molecule has 0 saturated heterocycles. The Bertz CT molecular complexity index is 730. The van der Waals surface area contributed by atoms with Gasteiger partial charge in [0.2, 0.25) is 11.8 Å². The second kappa shape index (κ2) is 9.07. The van der Waals surface area contributed by atoms with Crippen molar-refractivity contribution in [3.05, 3.63) is 54.6 Å². The molecule has 7 heteroatoms. The van der Waals surface area contributed by atoms with Gasteiger partial charge in [-0.25, -0.2) is 4.79 Å². The van der Waals surface area contributed by atoms with Crippen molar-refractivity contribution in [3.63, 3.8) is 0 Å². The maximum atomic E-state index is 11.9. The van der Waals surface area contributed by atoms with Crippen molar-refractivity contribution in [2.75, 3.05) is 22.5 Å². The second-order valence-electron chi connectivity index (χ2n) is 5.30. The van der Waals surface area contributed by atoms with Gasteiger partial charge in [-0.2, -0.15) is 0 Å². The van der Waals surface area contributed by atoms with E-state index in [-0.39, 0.29) is 30.8 Å². The molecule has 0 aliphatic heterocycles. The van der Waals surface area contributed by atoms with Gasteiger partial charge in [0.25, 0.3) is 0 Å².